The topological polar surface area (TPSA) is 99.2 Å². The van der Waals surface area contributed by atoms with E-state index in [-0.39, 0.29) is 35.0 Å². The first-order chi connectivity index (χ1) is 14.6. The average Bonchev–Trinajstić information content (AvgIpc) is 3.11. The van der Waals surface area contributed by atoms with Crippen molar-refractivity contribution < 1.29 is 23.1 Å². The molecule has 0 aromatic carbocycles. The standard InChI is InChI=1S/C22H30F2N4O3/c1-21(2,12-24)3-4-28-17(10-23)16(11-26-28)19(29)27-18-14-5-13-6-15(18)9-22(7-13,8-14)31-20(25)30/h3-4,11,13-15,18H,5-10,12H2,1-2H3,(H2,25,30)(H,27,29)/b4-3+/t13?,14?,15?,18-,22-. The second kappa shape index (κ2) is 7.91. The quantitative estimate of drug-likeness (QED) is 0.682. The van der Waals surface area contributed by atoms with E-state index in [4.69, 9.17) is 10.5 Å². The molecule has 7 nitrogen and oxygen atoms in total. The van der Waals surface area contributed by atoms with Crippen molar-refractivity contribution in [3.8, 4) is 0 Å². The molecule has 4 saturated carbocycles. The lowest BCUT2D eigenvalue weighted by atomic mass is 9.52. The van der Waals surface area contributed by atoms with Crippen LogP contribution in [0.2, 0.25) is 0 Å². The van der Waals surface area contributed by atoms with E-state index >= 15 is 0 Å². The minimum absolute atomic E-state index is 0.0505. The number of nitrogens with zero attached hydrogens (tertiary/aromatic N) is 2. The minimum Gasteiger partial charge on any atom is -0.443 e. The molecule has 2 amide bonds. The molecule has 2 unspecified atom stereocenters. The maximum Gasteiger partial charge on any atom is 0.405 e. The van der Waals surface area contributed by atoms with E-state index in [0.29, 0.717) is 18.8 Å². The molecule has 31 heavy (non-hydrogen) atoms. The van der Waals surface area contributed by atoms with Gasteiger partial charge in [0, 0.05) is 17.7 Å². The van der Waals surface area contributed by atoms with E-state index in [2.05, 4.69) is 10.4 Å². The van der Waals surface area contributed by atoms with Crippen molar-refractivity contribution in [3.05, 3.63) is 23.5 Å². The Bertz CT molecular complexity index is 881. The summed E-state index contributed by atoms with van der Waals surface area (Å²) in [6, 6.07) is -0.0505. The summed E-state index contributed by atoms with van der Waals surface area (Å²) < 4.78 is 33.6. The highest BCUT2D eigenvalue weighted by molar-refractivity contribution is 5.95. The molecule has 3 N–H and O–H groups in total. The van der Waals surface area contributed by atoms with Crippen LogP contribution in [0.15, 0.2) is 12.3 Å². The number of nitrogens with one attached hydrogen (secondary N) is 1. The van der Waals surface area contributed by atoms with Gasteiger partial charge in [0.05, 0.1) is 24.1 Å². The number of amides is 2. The molecule has 9 heteroatoms. The van der Waals surface area contributed by atoms with Crippen molar-refractivity contribution in [2.45, 2.75) is 64.3 Å². The van der Waals surface area contributed by atoms with Crippen molar-refractivity contribution in [1.29, 1.82) is 0 Å². The van der Waals surface area contributed by atoms with Gasteiger partial charge >= 0.3 is 6.09 Å². The molecule has 0 spiro atoms. The third-order valence-corrected chi connectivity index (χ3v) is 7.11. The van der Waals surface area contributed by atoms with Crippen molar-refractivity contribution in [1.82, 2.24) is 15.1 Å². The number of carbonyl (C=O) groups is 2. The number of hydrogen-bond acceptors (Lipinski definition) is 4. The molecule has 4 fully saturated rings. The van der Waals surface area contributed by atoms with Gasteiger partial charge in [0.2, 0.25) is 0 Å². The molecule has 0 radical (unpaired) electrons. The first-order valence-corrected chi connectivity index (χ1v) is 10.8. The first-order valence-electron chi connectivity index (χ1n) is 10.8. The predicted molar refractivity (Wildman–Crippen MR) is 110 cm³/mol. The Labute approximate surface area is 180 Å². The van der Waals surface area contributed by atoms with Crippen molar-refractivity contribution in [2.24, 2.45) is 28.9 Å². The summed E-state index contributed by atoms with van der Waals surface area (Å²) in [6.45, 7) is 2.02. The highest BCUT2D eigenvalue weighted by Crippen LogP contribution is 2.57. The van der Waals surface area contributed by atoms with E-state index in [1.54, 1.807) is 19.9 Å². The lowest BCUT2D eigenvalue weighted by molar-refractivity contribution is -0.137. The number of hydrogen-bond donors (Lipinski definition) is 2. The van der Waals surface area contributed by atoms with Gasteiger partial charge in [-0.05, 0) is 49.9 Å². The molecule has 1 aromatic rings. The lowest BCUT2D eigenvalue weighted by Gasteiger charge is -2.58. The highest BCUT2D eigenvalue weighted by atomic mass is 19.1. The maximum atomic E-state index is 13.8. The summed E-state index contributed by atoms with van der Waals surface area (Å²) in [5, 5.41) is 7.21. The van der Waals surface area contributed by atoms with Crippen molar-refractivity contribution in [3.63, 3.8) is 0 Å². The number of rotatable bonds is 7. The van der Waals surface area contributed by atoms with Crippen LogP contribution in [-0.2, 0) is 11.4 Å². The van der Waals surface area contributed by atoms with Crippen LogP contribution in [0.3, 0.4) is 0 Å². The molecule has 4 aliphatic rings. The molecule has 4 aliphatic carbocycles. The summed E-state index contributed by atoms with van der Waals surface area (Å²) in [7, 11) is 0. The van der Waals surface area contributed by atoms with Gasteiger partial charge < -0.3 is 15.8 Å². The van der Waals surface area contributed by atoms with Crippen LogP contribution in [-0.4, -0.2) is 40.1 Å². The van der Waals surface area contributed by atoms with E-state index < -0.39 is 30.5 Å². The van der Waals surface area contributed by atoms with Crippen LogP contribution in [0.4, 0.5) is 13.6 Å². The van der Waals surface area contributed by atoms with E-state index in [1.165, 1.54) is 17.1 Å². The smallest absolute Gasteiger partial charge is 0.405 e. The summed E-state index contributed by atoms with van der Waals surface area (Å²) in [5.41, 5.74) is 4.41. The zero-order chi connectivity index (χ0) is 22.4. The van der Waals surface area contributed by atoms with Gasteiger partial charge in [0.1, 0.15) is 12.3 Å². The Hall–Kier alpha value is -2.45. The van der Waals surface area contributed by atoms with Crippen LogP contribution in [0, 0.1) is 23.2 Å². The molecule has 0 saturated heterocycles. The summed E-state index contributed by atoms with van der Waals surface area (Å²) in [6.07, 6.45) is 7.87. The molecule has 0 aliphatic heterocycles. The Morgan fingerprint density at radius 2 is 2.00 bits per heavy atom. The number of carbonyl (C=O) groups excluding carboxylic acids is 2. The van der Waals surface area contributed by atoms with Gasteiger partial charge in [0.25, 0.3) is 5.91 Å². The third kappa shape index (κ3) is 4.19. The molecule has 1 heterocycles. The maximum absolute atomic E-state index is 13.8. The van der Waals surface area contributed by atoms with Crippen LogP contribution < -0.4 is 11.1 Å². The SMILES string of the molecule is CC(C)(/C=C/n1ncc(C(=O)N[C@H]2C3CC4CC2C[C@](OC(N)=O)(C4)C3)c1CF)CF. The molecule has 4 bridgehead atoms. The fourth-order valence-corrected chi connectivity index (χ4v) is 5.91. The van der Waals surface area contributed by atoms with Crippen molar-refractivity contribution in [2.75, 3.05) is 6.67 Å². The number of alkyl halides is 2. The number of nitrogens with two attached hydrogens (primary N) is 1. The second-order valence-corrected chi connectivity index (χ2v) is 10.1. The highest BCUT2D eigenvalue weighted by Gasteiger charge is 2.57. The largest absolute Gasteiger partial charge is 0.443 e. The molecule has 1 aromatic heterocycles. The van der Waals surface area contributed by atoms with Crippen molar-refractivity contribution >= 4 is 18.2 Å². The molecular weight excluding hydrogens is 406 g/mol. The van der Waals surface area contributed by atoms with Crippen LogP contribution in [0.25, 0.3) is 6.20 Å². The van der Waals surface area contributed by atoms with Gasteiger partial charge in [-0.15, -0.1) is 0 Å². The summed E-state index contributed by atoms with van der Waals surface area (Å²) >= 11 is 0. The summed E-state index contributed by atoms with van der Waals surface area (Å²) in [5.74, 6) is 0.505. The van der Waals surface area contributed by atoms with Gasteiger partial charge in [0.15, 0.2) is 0 Å². The van der Waals surface area contributed by atoms with Gasteiger partial charge in [-0.2, -0.15) is 5.10 Å². The van der Waals surface area contributed by atoms with Gasteiger partial charge in [-0.3, -0.25) is 9.18 Å². The zero-order valence-corrected chi connectivity index (χ0v) is 17.9. The Morgan fingerprint density at radius 3 is 2.58 bits per heavy atom. The van der Waals surface area contributed by atoms with Crippen LogP contribution >= 0.6 is 0 Å². The monoisotopic (exact) mass is 436 g/mol. The van der Waals surface area contributed by atoms with Gasteiger partial charge in [-0.25, -0.2) is 13.9 Å². The van der Waals surface area contributed by atoms with Crippen LogP contribution in [0.5, 0.6) is 0 Å². The van der Waals surface area contributed by atoms with E-state index in [1.807, 2.05) is 0 Å². The second-order valence-electron chi connectivity index (χ2n) is 10.1. The molecular formula is C22H30F2N4O3. The number of halogens is 2. The first kappa shape index (κ1) is 21.8. The zero-order valence-electron chi connectivity index (χ0n) is 17.9. The number of allylic oxidation sites excluding steroid dienone is 1. The predicted octanol–water partition coefficient (Wildman–Crippen LogP) is 3.59. The fraction of sp³-hybridized carbons (Fsp3) is 0.682. The summed E-state index contributed by atoms with van der Waals surface area (Å²) in [4.78, 5) is 24.4. The molecule has 170 valence electrons. The Morgan fingerprint density at radius 1 is 1.32 bits per heavy atom. The average molecular weight is 437 g/mol. The lowest BCUT2D eigenvalue weighted by Crippen LogP contribution is -2.63. The number of ether oxygens (including phenoxy) is 1. The van der Waals surface area contributed by atoms with E-state index in [0.717, 1.165) is 19.3 Å². The molecule has 2 atom stereocenters. The molecule has 5 rings (SSSR count). The Kier molecular flexibility index (Phi) is 5.55. The Balaban J connectivity index is 1.49. The number of aromatic nitrogens is 2. The third-order valence-electron chi connectivity index (χ3n) is 7.11. The van der Waals surface area contributed by atoms with Gasteiger partial charge in [-0.1, -0.05) is 19.9 Å². The van der Waals surface area contributed by atoms with Crippen LogP contribution in [0.1, 0.15) is 62.0 Å². The minimum atomic E-state index is -0.863. The normalized spacial score (nSPS) is 31.9. The number of primary amides is 1. The fourth-order valence-electron chi connectivity index (χ4n) is 5.91. The van der Waals surface area contributed by atoms with E-state index in [9.17, 15) is 18.4 Å².